The van der Waals surface area contributed by atoms with Crippen molar-refractivity contribution in [1.82, 2.24) is 5.32 Å². The number of carbonyl (C=O) groups excluding carboxylic acids is 3. The van der Waals surface area contributed by atoms with Gasteiger partial charge < -0.3 is 15.4 Å². The van der Waals surface area contributed by atoms with Gasteiger partial charge in [0.25, 0.3) is 5.91 Å². The zero-order valence-electron chi connectivity index (χ0n) is 18.8. The lowest BCUT2D eigenvalue weighted by atomic mass is 10.2. The minimum absolute atomic E-state index is 0.0715. The smallest absolute Gasteiger partial charge is 0.413 e. The number of alkyl carbamates (subject to hydrolysis) is 1. The largest absolute Gasteiger partial charge is 0.453 e. The summed E-state index contributed by atoms with van der Waals surface area (Å²) >= 11 is 0. The molecule has 0 saturated carbocycles. The van der Waals surface area contributed by atoms with Gasteiger partial charge in [-0.2, -0.15) is 4.99 Å². The quantitative estimate of drug-likeness (QED) is 0.364. The Morgan fingerprint density at radius 3 is 2.03 bits per heavy atom. The van der Waals surface area contributed by atoms with Crippen molar-refractivity contribution < 1.29 is 27.5 Å². The first-order valence-electron chi connectivity index (χ1n) is 10.2. The number of sulfone groups is 1. The maximum absolute atomic E-state index is 13.0. The van der Waals surface area contributed by atoms with E-state index in [0.717, 1.165) is 7.11 Å². The Labute approximate surface area is 202 Å². The third kappa shape index (κ3) is 6.51. The Morgan fingerprint density at radius 1 is 0.800 bits per heavy atom. The first-order valence-corrected chi connectivity index (χ1v) is 11.7. The Bertz CT molecular complexity index is 1370. The van der Waals surface area contributed by atoms with E-state index in [1.54, 1.807) is 48.5 Å². The molecule has 0 unspecified atom stereocenters. The number of benzene rings is 3. The third-order valence-corrected chi connectivity index (χ3v) is 6.33. The zero-order valence-corrected chi connectivity index (χ0v) is 19.6. The van der Waals surface area contributed by atoms with Crippen molar-refractivity contribution in [2.75, 3.05) is 17.7 Å². The zero-order chi connectivity index (χ0) is 25.4. The van der Waals surface area contributed by atoms with Gasteiger partial charge in [-0.15, -0.1) is 0 Å². The van der Waals surface area contributed by atoms with Crippen LogP contribution >= 0.6 is 0 Å². The Kier molecular flexibility index (Phi) is 7.95. The van der Waals surface area contributed by atoms with E-state index in [1.807, 2.05) is 0 Å². The molecular formula is C24H22N4O6S. The van der Waals surface area contributed by atoms with E-state index in [1.165, 1.54) is 37.3 Å². The third-order valence-electron chi connectivity index (χ3n) is 4.56. The molecule has 0 aromatic heterocycles. The minimum Gasteiger partial charge on any atom is -0.453 e. The van der Waals surface area contributed by atoms with E-state index >= 15 is 0 Å². The SMILES string of the molecule is COC(=O)N/C(=N/C(=O)c1ccccc1)Nc1ccc(S(=O)(=O)c2ccccc2)cc1NC(C)=O. The van der Waals surface area contributed by atoms with Crippen LogP contribution in [-0.4, -0.2) is 39.4 Å². The van der Waals surface area contributed by atoms with Crippen molar-refractivity contribution >= 4 is 45.1 Å². The Morgan fingerprint density at radius 2 is 1.43 bits per heavy atom. The molecule has 0 aliphatic rings. The summed E-state index contributed by atoms with van der Waals surface area (Å²) in [6.07, 6.45) is -0.901. The number of rotatable bonds is 5. The van der Waals surface area contributed by atoms with Gasteiger partial charge in [-0.1, -0.05) is 36.4 Å². The van der Waals surface area contributed by atoms with Crippen molar-refractivity contribution in [3.8, 4) is 0 Å². The summed E-state index contributed by atoms with van der Waals surface area (Å²) in [5.74, 6) is -1.42. The summed E-state index contributed by atoms with van der Waals surface area (Å²) in [7, 11) is -2.74. The number of carbonyl (C=O) groups is 3. The molecule has 0 fully saturated rings. The van der Waals surface area contributed by atoms with Crippen LogP contribution in [-0.2, 0) is 19.4 Å². The van der Waals surface area contributed by atoms with Gasteiger partial charge >= 0.3 is 6.09 Å². The fourth-order valence-electron chi connectivity index (χ4n) is 2.94. The van der Waals surface area contributed by atoms with Crippen LogP contribution in [0.15, 0.2) is 93.6 Å². The van der Waals surface area contributed by atoms with E-state index in [9.17, 15) is 22.8 Å². The van der Waals surface area contributed by atoms with Crippen molar-refractivity contribution in [1.29, 1.82) is 0 Å². The number of ether oxygens (including phenoxy) is 1. The van der Waals surface area contributed by atoms with Gasteiger partial charge in [-0.05, 0) is 42.5 Å². The number of nitrogens with one attached hydrogen (secondary N) is 3. The Balaban J connectivity index is 2.01. The second-order valence-electron chi connectivity index (χ2n) is 7.08. The molecule has 0 spiro atoms. The molecule has 3 amide bonds. The molecule has 0 aliphatic heterocycles. The van der Waals surface area contributed by atoms with Crippen LogP contribution in [0, 0.1) is 0 Å². The van der Waals surface area contributed by atoms with Crippen molar-refractivity contribution in [3.05, 3.63) is 84.4 Å². The van der Waals surface area contributed by atoms with Gasteiger partial charge in [0.15, 0.2) is 0 Å². The standard InChI is InChI=1S/C24H22N4O6S/c1-16(29)25-21-15-19(35(32,33)18-11-7-4-8-12-18)13-14-20(21)26-23(28-24(31)34-2)27-22(30)17-9-5-3-6-10-17/h3-15H,1-2H3,(H,25,29)(H2,26,27,28,30,31). The summed E-state index contributed by atoms with van der Waals surface area (Å²) < 4.78 is 30.6. The summed E-state index contributed by atoms with van der Waals surface area (Å²) in [5, 5.41) is 7.58. The van der Waals surface area contributed by atoms with Gasteiger partial charge in [-0.3, -0.25) is 14.9 Å². The summed E-state index contributed by atoms with van der Waals surface area (Å²) in [4.78, 5) is 40.1. The molecule has 0 saturated heterocycles. The molecule has 180 valence electrons. The second-order valence-corrected chi connectivity index (χ2v) is 9.03. The normalized spacial score (nSPS) is 11.3. The van der Waals surface area contributed by atoms with Gasteiger partial charge in [0.1, 0.15) is 0 Å². The van der Waals surface area contributed by atoms with Crippen LogP contribution < -0.4 is 16.0 Å². The molecule has 3 aromatic rings. The number of aliphatic imine (C=N–C) groups is 1. The van der Waals surface area contributed by atoms with E-state index < -0.39 is 27.7 Å². The predicted molar refractivity (Wildman–Crippen MR) is 130 cm³/mol. The molecule has 3 rings (SSSR count). The second kappa shape index (κ2) is 11.1. The average Bonchev–Trinajstić information content (AvgIpc) is 2.85. The van der Waals surface area contributed by atoms with Crippen LogP contribution in [0.4, 0.5) is 16.2 Å². The highest BCUT2D eigenvalue weighted by Crippen LogP contribution is 2.29. The number of nitrogens with zero attached hydrogens (tertiary/aromatic N) is 1. The highest BCUT2D eigenvalue weighted by Gasteiger charge is 2.20. The molecule has 3 aromatic carbocycles. The molecule has 3 N–H and O–H groups in total. The molecule has 0 bridgehead atoms. The number of hydrogen-bond acceptors (Lipinski definition) is 6. The minimum atomic E-state index is -3.87. The summed E-state index contributed by atoms with van der Waals surface area (Å²) in [5.41, 5.74) is 0.522. The van der Waals surface area contributed by atoms with Crippen molar-refractivity contribution in [2.45, 2.75) is 16.7 Å². The van der Waals surface area contributed by atoms with E-state index in [4.69, 9.17) is 0 Å². The summed E-state index contributed by atoms with van der Waals surface area (Å²) in [6.45, 7) is 1.25. The number of anilines is 2. The average molecular weight is 495 g/mol. The van der Waals surface area contributed by atoms with E-state index in [2.05, 4.69) is 25.7 Å². The van der Waals surface area contributed by atoms with Crippen molar-refractivity contribution in [2.24, 2.45) is 4.99 Å². The molecule has 10 nitrogen and oxygen atoms in total. The highest BCUT2D eigenvalue weighted by atomic mass is 32.2. The topological polar surface area (TPSA) is 143 Å². The van der Waals surface area contributed by atoms with Gasteiger partial charge in [0.05, 0.1) is 28.3 Å². The van der Waals surface area contributed by atoms with Gasteiger partial charge in [0, 0.05) is 12.5 Å². The lowest BCUT2D eigenvalue weighted by molar-refractivity contribution is -0.114. The maximum atomic E-state index is 13.0. The van der Waals surface area contributed by atoms with E-state index in [-0.39, 0.29) is 32.7 Å². The number of methoxy groups -OCH3 is 1. The first kappa shape index (κ1) is 25.1. The van der Waals surface area contributed by atoms with Gasteiger partial charge in [-0.25, -0.2) is 13.2 Å². The molecule has 0 radical (unpaired) electrons. The molecule has 0 aliphatic carbocycles. The number of hydrogen-bond donors (Lipinski definition) is 3. The monoisotopic (exact) mass is 494 g/mol. The van der Waals surface area contributed by atoms with Crippen LogP contribution in [0.2, 0.25) is 0 Å². The lowest BCUT2D eigenvalue weighted by Crippen LogP contribution is -2.36. The number of amides is 3. The molecule has 0 atom stereocenters. The summed E-state index contributed by atoms with van der Waals surface area (Å²) in [6, 6.07) is 19.9. The van der Waals surface area contributed by atoms with Crippen LogP contribution in [0.3, 0.4) is 0 Å². The van der Waals surface area contributed by atoms with E-state index in [0.29, 0.717) is 0 Å². The molecule has 35 heavy (non-hydrogen) atoms. The molecule has 11 heteroatoms. The van der Waals surface area contributed by atoms with Crippen LogP contribution in [0.5, 0.6) is 0 Å². The molecular weight excluding hydrogens is 472 g/mol. The first-order chi connectivity index (χ1) is 16.7. The molecule has 0 heterocycles. The van der Waals surface area contributed by atoms with Gasteiger partial charge in [0.2, 0.25) is 21.7 Å². The van der Waals surface area contributed by atoms with Crippen LogP contribution in [0.1, 0.15) is 17.3 Å². The fraction of sp³-hybridized carbons (Fsp3) is 0.0833. The van der Waals surface area contributed by atoms with Crippen LogP contribution in [0.25, 0.3) is 0 Å². The highest BCUT2D eigenvalue weighted by molar-refractivity contribution is 7.91. The fourth-order valence-corrected chi connectivity index (χ4v) is 4.25. The van der Waals surface area contributed by atoms with Crippen molar-refractivity contribution in [3.63, 3.8) is 0 Å². The lowest BCUT2D eigenvalue weighted by Gasteiger charge is -2.16. The number of guanidine groups is 1. The maximum Gasteiger partial charge on any atom is 0.413 e. The predicted octanol–water partition coefficient (Wildman–Crippen LogP) is 3.44. The Hall–Kier alpha value is -4.51.